The Labute approximate surface area is 92.1 Å². The molecule has 1 aromatic heterocycles. The minimum absolute atomic E-state index is 0.282. The molecule has 2 N–H and O–H groups in total. The van der Waals surface area contributed by atoms with E-state index >= 15 is 0 Å². The van der Waals surface area contributed by atoms with E-state index in [2.05, 4.69) is 26.6 Å². The lowest BCUT2D eigenvalue weighted by molar-refractivity contribution is -0.115. The third-order valence-electron chi connectivity index (χ3n) is 1.59. The maximum atomic E-state index is 11.1. The molecule has 2 heterocycles. The van der Waals surface area contributed by atoms with Crippen LogP contribution in [0.2, 0.25) is 0 Å². The van der Waals surface area contributed by atoms with Gasteiger partial charge in [0.1, 0.15) is 5.70 Å². The summed E-state index contributed by atoms with van der Waals surface area (Å²) in [7, 11) is 0. The van der Waals surface area contributed by atoms with Crippen LogP contribution in [-0.4, -0.2) is 11.9 Å². The number of imide groups is 1. The number of urea groups is 1. The maximum Gasteiger partial charge on any atom is 0.326 e. The van der Waals surface area contributed by atoms with Crippen molar-refractivity contribution in [1.82, 2.24) is 10.6 Å². The molecule has 0 atom stereocenters. The van der Waals surface area contributed by atoms with Gasteiger partial charge < -0.3 is 5.32 Å². The lowest BCUT2D eigenvalue weighted by atomic mass is 10.3. The first-order chi connectivity index (χ1) is 6.65. The number of carbonyl (C=O) groups is 2. The smallest absolute Gasteiger partial charge is 0.303 e. The van der Waals surface area contributed by atoms with Gasteiger partial charge in [0, 0.05) is 14.7 Å². The number of hydrogen-bond donors (Lipinski definition) is 2. The van der Waals surface area contributed by atoms with Crippen LogP contribution in [0, 0.1) is 0 Å². The minimum atomic E-state index is -0.475. The van der Waals surface area contributed by atoms with Crippen molar-refractivity contribution in [3.63, 3.8) is 0 Å². The Morgan fingerprint density at radius 3 is 2.64 bits per heavy atom. The fourth-order valence-corrected chi connectivity index (χ4v) is 2.40. The van der Waals surface area contributed by atoms with Crippen molar-refractivity contribution >= 4 is 45.3 Å². The van der Waals surface area contributed by atoms with E-state index in [9.17, 15) is 9.59 Å². The Kier molecular flexibility index (Phi) is 2.39. The lowest BCUT2D eigenvalue weighted by Gasteiger charge is -1.90. The van der Waals surface area contributed by atoms with Gasteiger partial charge in [-0.3, -0.25) is 10.1 Å². The van der Waals surface area contributed by atoms with Gasteiger partial charge in [0.2, 0.25) is 0 Å². The van der Waals surface area contributed by atoms with Crippen LogP contribution in [0.3, 0.4) is 0 Å². The molecule has 0 aliphatic carbocycles. The van der Waals surface area contributed by atoms with E-state index in [0.29, 0.717) is 0 Å². The number of rotatable bonds is 1. The molecule has 0 spiro atoms. The summed E-state index contributed by atoms with van der Waals surface area (Å²) >= 11 is 4.79. The SMILES string of the molecule is O=C1NC(=O)/C(=C/c2cc(Br)cs2)N1. The molecular weight excluding hydrogens is 268 g/mol. The maximum absolute atomic E-state index is 11.1. The zero-order chi connectivity index (χ0) is 10.1. The number of nitrogens with one attached hydrogen (secondary N) is 2. The molecule has 1 fully saturated rings. The van der Waals surface area contributed by atoms with Gasteiger partial charge in [-0.15, -0.1) is 11.3 Å². The van der Waals surface area contributed by atoms with Crippen LogP contribution in [0.5, 0.6) is 0 Å². The second-order valence-electron chi connectivity index (χ2n) is 2.63. The van der Waals surface area contributed by atoms with Crippen molar-refractivity contribution in [3.05, 3.63) is 26.5 Å². The number of amides is 3. The summed E-state index contributed by atoms with van der Waals surface area (Å²) in [5, 5.41) is 6.45. The second kappa shape index (κ2) is 3.55. The Hall–Kier alpha value is -1.14. The first-order valence-electron chi connectivity index (χ1n) is 3.73. The molecule has 1 aliphatic rings. The van der Waals surface area contributed by atoms with Crippen LogP contribution in [0.4, 0.5) is 4.79 Å². The molecule has 3 amide bonds. The average molecular weight is 273 g/mol. The van der Waals surface area contributed by atoms with Gasteiger partial charge in [-0.2, -0.15) is 0 Å². The van der Waals surface area contributed by atoms with Crippen molar-refractivity contribution < 1.29 is 9.59 Å². The van der Waals surface area contributed by atoms with Crippen LogP contribution >= 0.6 is 27.3 Å². The van der Waals surface area contributed by atoms with Crippen LogP contribution in [0.1, 0.15) is 4.88 Å². The summed E-state index contributed by atoms with van der Waals surface area (Å²) in [4.78, 5) is 22.8. The van der Waals surface area contributed by atoms with Crippen LogP contribution in [0.25, 0.3) is 6.08 Å². The Bertz CT molecular complexity index is 438. The van der Waals surface area contributed by atoms with Crippen molar-refractivity contribution in [3.8, 4) is 0 Å². The van der Waals surface area contributed by atoms with Gasteiger partial charge in [-0.25, -0.2) is 4.79 Å². The molecule has 0 radical (unpaired) electrons. The van der Waals surface area contributed by atoms with E-state index in [1.165, 1.54) is 11.3 Å². The first kappa shape index (κ1) is 9.42. The molecule has 4 nitrogen and oxygen atoms in total. The fraction of sp³-hybridized carbons (Fsp3) is 0. The molecule has 1 aromatic rings. The molecule has 1 saturated heterocycles. The van der Waals surface area contributed by atoms with Gasteiger partial charge in [-0.05, 0) is 28.1 Å². The van der Waals surface area contributed by atoms with E-state index in [4.69, 9.17) is 0 Å². The largest absolute Gasteiger partial charge is 0.326 e. The number of hydrogen-bond acceptors (Lipinski definition) is 3. The fourth-order valence-electron chi connectivity index (χ4n) is 1.03. The van der Waals surface area contributed by atoms with Gasteiger partial charge in [0.05, 0.1) is 0 Å². The molecule has 1 aliphatic heterocycles. The first-order valence-corrected chi connectivity index (χ1v) is 5.40. The normalized spacial score (nSPS) is 18.5. The lowest BCUT2D eigenvalue weighted by Crippen LogP contribution is -2.22. The van der Waals surface area contributed by atoms with E-state index in [1.807, 2.05) is 11.4 Å². The molecule has 0 unspecified atom stereocenters. The Balaban J connectivity index is 2.27. The van der Waals surface area contributed by atoms with Gasteiger partial charge in [0.25, 0.3) is 5.91 Å². The van der Waals surface area contributed by atoms with Gasteiger partial charge >= 0.3 is 6.03 Å². The van der Waals surface area contributed by atoms with Crippen LogP contribution in [0.15, 0.2) is 21.6 Å². The zero-order valence-corrected chi connectivity index (χ0v) is 9.24. The molecule has 0 bridgehead atoms. The summed E-state index contributed by atoms with van der Waals surface area (Å²) in [5.74, 6) is -0.389. The summed E-state index contributed by atoms with van der Waals surface area (Å²) in [6.45, 7) is 0. The highest BCUT2D eigenvalue weighted by Gasteiger charge is 2.22. The number of thiophene rings is 1. The number of halogens is 1. The predicted octanol–water partition coefficient (Wildman–Crippen LogP) is 1.69. The Morgan fingerprint density at radius 1 is 1.36 bits per heavy atom. The van der Waals surface area contributed by atoms with E-state index in [1.54, 1.807) is 6.08 Å². The molecule has 14 heavy (non-hydrogen) atoms. The highest BCUT2D eigenvalue weighted by molar-refractivity contribution is 9.10. The summed E-state index contributed by atoms with van der Waals surface area (Å²) in [6.07, 6.45) is 1.63. The standard InChI is InChI=1S/C8H5BrN2O2S/c9-4-1-5(14-3-4)2-6-7(12)11-8(13)10-6/h1-3H,(H2,10,11,12,13)/b6-2-. The molecule has 6 heteroatoms. The molecular formula is C8H5BrN2O2S. The topological polar surface area (TPSA) is 58.2 Å². The summed E-state index contributed by atoms with van der Waals surface area (Å²) < 4.78 is 0.957. The van der Waals surface area contributed by atoms with Gasteiger partial charge in [0.15, 0.2) is 0 Å². The molecule has 72 valence electrons. The minimum Gasteiger partial charge on any atom is -0.303 e. The number of carbonyl (C=O) groups excluding carboxylic acids is 2. The molecule has 0 saturated carbocycles. The third-order valence-corrected chi connectivity index (χ3v) is 3.23. The van der Waals surface area contributed by atoms with Crippen molar-refractivity contribution in [1.29, 1.82) is 0 Å². The second-order valence-corrected chi connectivity index (χ2v) is 4.49. The van der Waals surface area contributed by atoms with Crippen molar-refractivity contribution in [2.24, 2.45) is 0 Å². The van der Waals surface area contributed by atoms with Crippen molar-refractivity contribution in [2.75, 3.05) is 0 Å². The van der Waals surface area contributed by atoms with E-state index in [-0.39, 0.29) is 11.6 Å². The monoisotopic (exact) mass is 272 g/mol. The summed E-state index contributed by atoms with van der Waals surface area (Å²) in [6, 6.07) is 1.40. The highest BCUT2D eigenvalue weighted by Crippen LogP contribution is 2.22. The van der Waals surface area contributed by atoms with Crippen LogP contribution < -0.4 is 10.6 Å². The molecule has 2 rings (SSSR count). The highest BCUT2D eigenvalue weighted by atomic mass is 79.9. The van der Waals surface area contributed by atoms with E-state index in [0.717, 1.165) is 9.35 Å². The quantitative estimate of drug-likeness (QED) is 0.604. The van der Waals surface area contributed by atoms with E-state index < -0.39 is 6.03 Å². The molecule has 0 aromatic carbocycles. The zero-order valence-electron chi connectivity index (χ0n) is 6.83. The summed E-state index contributed by atoms with van der Waals surface area (Å²) in [5.41, 5.74) is 0.282. The van der Waals surface area contributed by atoms with Gasteiger partial charge in [-0.1, -0.05) is 0 Å². The predicted molar refractivity (Wildman–Crippen MR) is 56.7 cm³/mol. The average Bonchev–Trinajstić information content (AvgIpc) is 2.61. The Morgan fingerprint density at radius 2 is 2.14 bits per heavy atom. The van der Waals surface area contributed by atoms with Crippen molar-refractivity contribution in [2.45, 2.75) is 0 Å². The third kappa shape index (κ3) is 1.85. The van der Waals surface area contributed by atoms with Crippen LogP contribution in [-0.2, 0) is 4.79 Å².